The van der Waals surface area contributed by atoms with E-state index in [0.717, 1.165) is 21.1 Å². The van der Waals surface area contributed by atoms with Gasteiger partial charge in [0.2, 0.25) is 5.91 Å². The van der Waals surface area contributed by atoms with Crippen molar-refractivity contribution in [3.63, 3.8) is 0 Å². The maximum Gasteiger partial charge on any atom is 0.244 e. The fourth-order valence-electron chi connectivity index (χ4n) is 2.99. The van der Waals surface area contributed by atoms with Crippen molar-refractivity contribution < 1.29 is 9.18 Å². The van der Waals surface area contributed by atoms with Crippen LogP contribution in [-0.2, 0) is 11.3 Å². The first kappa shape index (κ1) is 17.4. The minimum absolute atomic E-state index is 0.0683. The molecule has 0 radical (unpaired) electrons. The monoisotopic (exact) mass is 423 g/mol. The number of imidazole rings is 1. The molecule has 1 amide bonds. The minimum Gasteiger partial charge on any atom is -0.324 e. The van der Waals surface area contributed by atoms with E-state index in [9.17, 15) is 9.18 Å². The van der Waals surface area contributed by atoms with Crippen molar-refractivity contribution in [3.8, 4) is 11.4 Å². The summed E-state index contributed by atoms with van der Waals surface area (Å²) in [7, 11) is 0. The minimum atomic E-state index is -0.393. The van der Waals surface area contributed by atoms with Crippen LogP contribution in [0.5, 0.6) is 0 Å². The van der Waals surface area contributed by atoms with Crippen LogP contribution in [0.2, 0.25) is 0 Å². The van der Waals surface area contributed by atoms with Crippen molar-refractivity contribution in [3.05, 3.63) is 83.1 Å². The van der Waals surface area contributed by atoms with Gasteiger partial charge in [0.1, 0.15) is 18.2 Å². The van der Waals surface area contributed by atoms with Crippen LogP contribution in [0.3, 0.4) is 0 Å². The van der Waals surface area contributed by atoms with Crippen molar-refractivity contribution in [1.82, 2.24) is 9.55 Å². The predicted molar refractivity (Wildman–Crippen MR) is 108 cm³/mol. The van der Waals surface area contributed by atoms with Crippen LogP contribution < -0.4 is 5.32 Å². The van der Waals surface area contributed by atoms with E-state index < -0.39 is 5.82 Å². The van der Waals surface area contributed by atoms with Crippen LogP contribution in [0.15, 0.2) is 77.3 Å². The Labute approximate surface area is 163 Å². The second-order valence-corrected chi connectivity index (χ2v) is 6.99. The molecule has 27 heavy (non-hydrogen) atoms. The molecule has 4 rings (SSSR count). The quantitative estimate of drug-likeness (QED) is 0.487. The Kier molecular flexibility index (Phi) is 4.73. The van der Waals surface area contributed by atoms with E-state index in [0.29, 0.717) is 11.5 Å². The number of hydrogen-bond acceptors (Lipinski definition) is 2. The Bertz CT molecular complexity index is 1140. The molecule has 0 saturated heterocycles. The molecule has 0 aliphatic rings. The summed E-state index contributed by atoms with van der Waals surface area (Å²) in [6.45, 7) is 0.0683. The maximum atomic E-state index is 13.4. The number of amides is 1. The standard InChI is InChI=1S/C21H15BrFN3O/c22-15-6-3-5-14(11-15)21-25-18-9-1-2-10-19(18)26(21)13-20(27)24-17-8-4-7-16(23)12-17/h1-12H,13H2,(H,24,27). The number of anilines is 1. The van der Waals surface area contributed by atoms with Crippen molar-refractivity contribution >= 4 is 38.6 Å². The average Bonchev–Trinajstić information content (AvgIpc) is 3.00. The molecule has 0 aliphatic heterocycles. The zero-order chi connectivity index (χ0) is 18.8. The molecule has 0 bridgehead atoms. The van der Waals surface area contributed by atoms with Gasteiger partial charge in [-0.2, -0.15) is 0 Å². The van der Waals surface area contributed by atoms with Crippen molar-refractivity contribution in [2.75, 3.05) is 5.32 Å². The highest BCUT2D eigenvalue weighted by Gasteiger charge is 2.15. The molecule has 134 valence electrons. The summed E-state index contributed by atoms with van der Waals surface area (Å²) in [5.41, 5.74) is 3.00. The summed E-state index contributed by atoms with van der Waals surface area (Å²) < 4.78 is 16.2. The van der Waals surface area contributed by atoms with E-state index in [4.69, 9.17) is 4.98 Å². The van der Waals surface area contributed by atoms with E-state index in [1.54, 1.807) is 12.1 Å². The van der Waals surface area contributed by atoms with Gasteiger partial charge in [0.05, 0.1) is 11.0 Å². The number of nitrogens with zero attached hydrogens (tertiary/aromatic N) is 2. The zero-order valence-corrected chi connectivity index (χ0v) is 15.8. The molecule has 4 nitrogen and oxygen atoms in total. The van der Waals surface area contributed by atoms with E-state index in [1.807, 2.05) is 53.1 Å². The van der Waals surface area contributed by atoms with Crippen LogP contribution in [0.1, 0.15) is 0 Å². The molecule has 4 aromatic rings. The van der Waals surface area contributed by atoms with E-state index in [-0.39, 0.29) is 12.5 Å². The number of aromatic nitrogens is 2. The first-order valence-corrected chi connectivity index (χ1v) is 9.16. The van der Waals surface area contributed by atoms with Crippen molar-refractivity contribution in [1.29, 1.82) is 0 Å². The highest BCUT2D eigenvalue weighted by molar-refractivity contribution is 9.10. The number of carbonyl (C=O) groups excluding carboxylic acids is 1. The number of halogens is 2. The topological polar surface area (TPSA) is 46.9 Å². The fourth-order valence-corrected chi connectivity index (χ4v) is 3.39. The van der Waals surface area contributed by atoms with Gasteiger partial charge < -0.3 is 9.88 Å². The van der Waals surface area contributed by atoms with Crippen LogP contribution in [0.25, 0.3) is 22.4 Å². The number of fused-ring (bicyclic) bond motifs is 1. The van der Waals surface area contributed by atoms with Gasteiger partial charge >= 0.3 is 0 Å². The second-order valence-electron chi connectivity index (χ2n) is 6.08. The Morgan fingerprint density at radius 3 is 2.67 bits per heavy atom. The summed E-state index contributed by atoms with van der Waals surface area (Å²) in [6, 6.07) is 21.3. The summed E-state index contributed by atoms with van der Waals surface area (Å²) >= 11 is 3.48. The molecule has 0 saturated carbocycles. The molecular formula is C21H15BrFN3O. The van der Waals surface area contributed by atoms with E-state index >= 15 is 0 Å². The van der Waals surface area contributed by atoms with Crippen LogP contribution in [0, 0.1) is 5.82 Å². The molecule has 1 N–H and O–H groups in total. The van der Waals surface area contributed by atoms with Gasteiger partial charge in [-0.25, -0.2) is 9.37 Å². The number of carbonyl (C=O) groups is 1. The molecule has 0 fully saturated rings. The average molecular weight is 424 g/mol. The second kappa shape index (κ2) is 7.32. The third-order valence-corrected chi connectivity index (χ3v) is 4.64. The lowest BCUT2D eigenvalue weighted by Gasteiger charge is -2.10. The molecule has 0 aliphatic carbocycles. The molecule has 3 aromatic carbocycles. The van der Waals surface area contributed by atoms with Gasteiger partial charge in [0.15, 0.2) is 0 Å². The molecule has 1 heterocycles. The number of nitrogens with one attached hydrogen (secondary N) is 1. The molecule has 0 unspecified atom stereocenters. The molecule has 6 heteroatoms. The molecular weight excluding hydrogens is 409 g/mol. The van der Waals surface area contributed by atoms with Crippen LogP contribution in [-0.4, -0.2) is 15.5 Å². The summed E-state index contributed by atoms with van der Waals surface area (Å²) in [5, 5.41) is 2.74. The molecule has 1 aromatic heterocycles. The number of rotatable bonds is 4. The summed E-state index contributed by atoms with van der Waals surface area (Å²) in [6.07, 6.45) is 0. The largest absolute Gasteiger partial charge is 0.324 e. The van der Waals surface area contributed by atoms with Crippen LogP contribution >= 0.6 is 15.9 Å². The van der Waals surface area contributed by atoms with Gasteiger partial charge in [-0.1, -0.05) is 46.3 Å². The number of hydrogen-bond donors (Lipinski definition) is 1. The van der Waals surface area contributed by atoms with Gasteiger partial charge in [0.25, 0.3) is 0 Å². The summed E-state index contributed by atoms with van der Waals surface area (Å²) in [4.78, 5) is 17.3. The Balaban J connectivity index is 1.71. The zero-order valence-electron chi connectivity index (χ0n) is 14.2. The Morgan fingerprint density at radius 1 is 1.04 bits per heavy atom. The number of para-hydroxylation sites is 2. The number of benzene rings is 3. The maximum absolute atomic E-state index is 13.4. The van der Waals surface area contributed by atoms with Gasteiger partial charge in [-0.15, -0.1) is 0 Å². The lowest BCUT2D eigenvalue weighted by Crippen LogP contribution is -2.19. The van der Waals surface area contributed by atoms with Crippen molar-refractivity contribution in [2.45, 2.75) is 6.54 Å². The summed E-state index contributed by atoms with van der Waals surface area (Å²) in [5.74, 6) is 0.0580. The third kappa shape index (κ3) is 3.75. The lowest BCUT2D eigenvalue weighted by atomic mass is 10.2. The lowest BCUT2D eigenvalue weighted by molar-refractivity contribution is -0.116. The smallest absolute Gasteiger partial charge is 0.244 e. The van der Waals surface area contributed by atoms with E-state index in [1.165, 1.54) is 12.1 Å². The highest BCUT2D eigenvalue weighted by Crippen LogP contribution is 2.27. The van der Waals surface area contributed by atoms with Crippen molar-refractivity contribution in [2.24, 2.45) is 0 Å². The van der Waals surface area contributed by atoms with E-state index in [2.05, 4.69) is 21.2 Å². The van der Waals surface area contributed by atoms with Gasteiger partial charge in [-0.3, -0.25) is 4.79 Å². The third-order valence-electron chi connectivity index (χ3n) is 4.15. The van der Waals surface area contributed by atoms with Gasteiger partial charge in [0, 0.05) is 15.7 Å². The molecule has 0 spiro atoms. The SMILES string of the molecule is O=C(Cn1c(-c2cccc(Br)c2)nc2ccccc21)Nc1cccc(F)c1. The Hall–Kier alpha value is -2.99. The molecule has 0 atom stereocenters. The first-order chi connectivity index (χ1) is 13.1. The highest BCUT2D eigenvalue weighted by atomic mass is 79.9. The first-order valence-electron chi connectivity index (χ1n) is 8.37. The normalized spacial score (nSPS) is 10.9. The Morgan fingerprint density at radius 2 is 1.85 bits per heavy atom. The fraction of sp³-hybridized carbons (Fsp3) is 0.0476. The predicted octanol–water partition coefficient (Wildman–Crippen LogP) is 5.24. The van der Waals surface area contributed by atoms with Gasteiger partial charge in [-0.05, 0) is 42.5 Å². The van der Waals surface area contributed by atoms with Crippen LogP contribution in [0.4, 0.5) is 10.1 Å².